The maximum Gasteiger partial charge on any atom is 0.364 e. The molecule has 0 aromatic rings. The van der Waals surface area contributed by atoms with Crippen LogP contribution in [0.2, 0.25) is 6.04 Å². The maximum atomic E-state index is 10.8. The van der Waals surface area contributed by atoms with Crippen molar-refractivity contribution >= 4 is 14.5 Å². The highest BCUT2D eigenvalue weighted by Gasteiger charge is 2.35. The van der Waals surface area contributed by atoms with Crippen LogP contribution in [0.25, 0.3) is 0 Å². The van der Waals surface area contributed by atoms with E-state index in [0.717, 1.165) is 0 Å². The summed E-state index contributed by atoms with van der Waals surface area (Å²) in [6.45, 7) is 0. The summed E-state index contributed by atoms with van der Waals surface area (Å²) in [5.74, 6) is -0.320. The summed E-state index contributed by atoms with van der Waals surface area (Å²) in [6.07, 6.45) is 0.0575. The van der Waals surface area contributed by atoms with Crippen molar-refractivity contribution in [2.75, 3.05) is 27.6 Å². The molecule has 0 atom stereocenters. The zero-order valence-corrected chi connectivity index (χ0v) is 9.20. The van der Waals surface area contributed by atoms with E-state index in [4.69, 9.17) is 14.0 Å². The zero-order chi connectivity index (χ0) is 10.3. The van der Waals surface area contributed by atoms with E-state index in [9.17, 15) is 4.79 Å². The van der Waals surface area contributed by atoms with Gasteiger partial charge in [0.2, 0.25) is 0 Å². The van der Waals surface area contributed by atoms with Crippen LogP contribution >= 0.6 is 0 Å². The van der Waals surface area contributed by atoms with Crippen molar-refractivity contribution in [1.29, 1.82) is 0 Å². The Labute approximate surface area is 78.9 Å². The van der Waals surface area contributed by atoms with Crippen molar-refractivity contribution in [3.63, 3.8) is 0 Å². The van der Waals surface area contributed by atoms with Crippen LogP contribution in [0.4, 0.5) is 0 Å². The van der Waals surface area contributed by atoms with Gasteiger partial charge in [0, 0.05) is 26.7 Å². The Morgan fingerprint density at radius 1 is 1.31 bits per heavy atom. The second-order valence-electron chi connectivity index (χ2n) is 2.55. The molecular formula is C7H16O5Si. The molecule has 0 fully saturated rings. The first kappa shape index (κ1) is 12.6. The van der Waals surface area contributed by atoms with Crippen LogP contribution in [0, 0.1) is 0 Å². The Balaban J connectivity index is 4.02. The molecule has 0 spiro atoms. The average molecular weight is 208 g/mol. The Morgan fingerprint density at radius 3 is 2.15 bits per heavy atom. The molecule has 0 unspecified atom stereocenters. The molecule has 0 radical (unpaired) electrons. The van der Waals surface area contributed by atoms with Gasteiger partial charge in [0.25, 0.3) is 0 Å². The summed E-state index contributed by atoms with van der Waals surface area (Å²) in [6, 6.07) is 0.406. The van der Waals surface area contributed by atoms with Crippen LogP contribution in [0.5, 0.6) is 0 Å². The molecule has 0 amide bonds. The molecule has 0 saturated heterocycles. The fraction of sp³-hybridized carbons (Fsp3) is 0.857. The van der Waals surface area contributed by atoms with Crippen LogP contribution in [-0.2, 0) is 18.4 Å². The molecule has 0 bridgehead atoms. The molecule has 13 heavy (non-hydrogen) atoms. The van der Waals surface area contributed by atoms with Gasteiger partial charge in [0.15, 0.2) is 0 Å². The molecular weight excluding hydrogens is 192 g/mol. The first-order valence-electron chi connectivity index (χ1n) is 3.92. The lowest BCUT2D eigenvalue weighted by Crippen LogP contribution is -2.45. The Bertz CT molecular complexity index is 149. The highest BCUT2D eigenvalue weighted by Crippen LogP contribution is 2.13. The zero-order valence-electron chi connectivity index (χ0n) is 8.20. The monoisotopic (exact) mass is 208 g/mol. The molecule has 0 aliphatic carbocycles. The molecule has 0 aromatic carbocycles. The molecule has 0 saturated carbocycles. The largest absolute Gasteiger partial charge is 0.469 e. The third-order valence-electron chi connectivity index (χ3n) is 1.92. The van der Waals surface area contributed by atoms with Gasteiger partial charge in [0.1, 0.15) is 0 Å². The summed E-state index contributed by atoms with van der Waals surface area (Å²) in [7, 11) is 1.73. The number of carbonyl (C=O) groups excluding carboxylic acids is 1. The minimum atomic E-state index is -2.54. The molecule has 0 aliphatic heterocycles. The van der Waals surface area contributed by atoms with Crippen molar-refractivity contribution < 1.29 is 23.5 Å². The average Bonchev–Trinajstić information content (AvgIpc) is 2.20. The van der Waals surface area contributed by atoms with E-state index in [2.05, 4.69) is 4.74 Å². The first-order valence-corrected chi connectivity index (χ1v) is 6.15. The van der Waals surface area contributed by atoms with Gasteiger partial charge in [-0.2, -0.15) is 0 Å². The van der Waals surface area contributed by atoms with E-state index in [1.807, 2.05) is 0 Å². The van der Waals surface area contributed by atoms with Crippen LogP contribution in [0.3, 0.4) is 0 Å². The standard InChI is InChI=1S/C7H16O5Si/c1-10-7(9)4-5-13(6-8,11-2)12-3/h8H,4-6H2,1-3H3. The SMILES string of the molecule is COC(=O)CC[Si](CO)(OC)OC. The normalized spacial score (nSPS) is 11.4. The number of esters is 1. The quantitative estimate of drug-likeness (QED) is 0.484. The van der Waals surface area contributed by atoms with Crippen molar-refractivity contribution in [1.82, 2.24) is 0 Å². The van der Waals surface area contributed by atoms with Crippen LogP contribution < -0.4 is 0 Å². The van der Waals surface area contributed by atoms with E-state index in [1.165, 1.54) is 21.3 Å². The van der Waals surface area contributed by atoms with Gasteiger partial charge in [-0.1, -0.05) is 0 Å². The van der Waals surface area contributed by atoms with E-state index >= 15 is 0 Å². The fourth-order valence-corrected chi connectivity index (χ4v) is 2.47. The highest BCUT2D eigenvalue weighted by atomic mass is 28.4. The van der Waals surface area contributed by atoms with Crippen molar-refractivity contribution in [2.45, 2.75) is 12.5 Å². The van der Waals surface area contributed by atoms with Crippen LogP contribution in [0.15, 0.2) is 0 Å². The Morgan fingerprint density at radius 2 is 1.85 bits per heavy atom. The number of rotatable bonds is 6. The van der Waals surface area contributed by atoms with Crippen LogP contribution in [-0.4, -0.2) is 47.2 Å². The Kier molecular flexibility index (Phi) is 5.88. The second kappa shape index (κ2) is 6.09. The van der Waals surface area contributed by atoms with E-state index in [0.29, 0.717) is 6.04 Å². The second-order valence-corrected chi connectivity index (χ2v) is 6.01. The number of ether oxygens (including phenoxy) is 1. The maximum absolute atomic E-state index is 10.8. The molecule has 0 aromatic heterocycles. The summed E-state index contributed by atoms with van der Waals surface area (Å²) < 4.78 is 14.6. The predicted molar refractivity (Wildman–Crippen MR) is 48.3 cm³/mol. The minimum Gasteiger partial charge on any atom is -0.469 e. The first-order chi connectivity index (χ1) is 6.14. The fourth-order valence-electron chi connectivity index (χ4n) is 0.890. The Hall–Kier alpha value is -0.433. The number of aliphatic hydroxyl groups is 1. The van der Waals surface area contributed by atoms with Crippen LogP contribution in [0.1, 0.15) is 6.42 Å². The number of aliphatic hydroxyl groups excluding tert-OH is 1. The summed E-state index contributed by atoms with van der Waals surface area (Å²) in [5, 5.41) is 9.02. The molecule has 1 N–H and O–H groups in total. The topological polar surface area (TPSA) is 65.0 Å². The molecule has 0 rings (SSSR count). The highest BCUT2D eigenvalue weighted by molar-refractivity contribution is 6.67. The lowest BCUT2D eigenvalue weighted by Gasteiger charge is -2.24. The van der Waals surface area contributed by atoms with E-state index in [1.54, 1.807) is 0 Å². The van der Waals surface area contributed by atoms with Gasteiger partial charge < -0.3 is 18.7 Å². The molecule has 0 heterocycles. The van der Waals surface area contributed by atoms with Gasteiger partial charge in [-0.3, -0.25) is 4.79 Å². The molecule has 5 nitrogen and oxygen atoms in total. The predicted octanol–water partition coefficient (Wildman–Crippen LogP) is -0.184. The van der Waals surface area contributed by atoms with Gasteiger partial charge >= 0.3 is 14.5 Å². The summed E-state index contributed by atoms with van der Waals surface area (Å²) >= 11 is 0. The van der Waals surface area contributed by atoms with Gasteiger partial charge in [-0.15, -0.1) is 0 Å². The number of carbonyl (C=O) groups is 1. The number of hydrogen-bond donors (Lipinski definition) is 1. The summed E-state index contributed by atoms with van der Waals surface area (Å²) in [5.41, 5.74) is 0. The molecule has 0 aliphatic rings. The minimum absolute atomic E-state index is 0.156. The number of methoxy groups -OCH3 is 1. The van der Waals surface area contributed by atoms with Gasteiger partial charge in [-0.25, -0.2) is 0 Å². The van der Waals surface area contributed by atoms with Crippen molar-refractivity contribution in [2.24, 2.45) is 0 Å². The summed E-state index contributed by atoms with van der Waals surface area (Å²) in [4.78, 5) is 10.8. The van der Waals surface area contributed by atoms with E-state index < -0.39 is 8.56 Å². The lowest BCUT2D eigenvalue weighted by atomic mass is 10.5. The third kappa shape index (κ3) is 3.86. The smallest absolute Gasteiger partial charge is 0.364 e. The third-order valence-corrected chi connectivity index (χ3v) is 4.90. The molecule has 78 valence electrons. The lowest BCUT2D eigenvalue weighted by molar-refractivity contribution is -0.140. The van der Waals surface area contributed by atoms with Crippen molar-refractivity contribution in [3.8, 4) is 0 Å². The van der Waals surface area contributed by atoms with Gasteiger partial charge in [0.05, 0.1) is 13.3 Å². The van der Waals surface area contributed by atoms with Crippen molar-refractivity contribution in [3.05, 3.63) is 0 Å². The van der Waals surface area contributed by atoms with Gasteiger partial charge in [-0.05, 0) is 0 Å². The number of hydrogen-bond acceptors (Lipinski definition) is 5. The van der Waals surface area contributed by atoms with E-state index in [-0.39, 0.29) is 18.6 Å². The molecule has 6 heteroatoms.